The van der Waals surface area contributed by atoms with E-state index in [2.05, 4.69) is 0 Å². The second-order valence-corrected chi connectivity index (χ2v) is 13.3. The van der Waals surface area contributed by atoms with Gasteiger partial charge in [0.05, 0.1) is 11.3 Å². The number of halogens is 1. The van der Waals surface area contributed by atoms with Crippen molar-refractivity contribution in [2.24, 2.45) is 5.92 Å². The third kappa shape index (κ3) is 6.90. The highest BCUT2D eigenvalue weighted by Crippen LogP contribution is 2.26. The third-order valence-electron chi connectivity index (χ3n) is 7.88. The second kappa shape index (κ2) is 11.9. The lowest BCUT2D eigenvalue weighted by Gasteiger charge is -2.32. The Kier molecular flexibility index (Phi) is 8.35. The van der Waals surface area contributed by atoms with Crippen LogP contribution in [-0.4, -0.2) is 59.9 Å². The Hall–Kier alpha value is -3.85. The molecule has 0 aliphatic carbocycles. The fourth-order valence-electron chi connectivity index (χ4n) is 5.52. The maximum atomic E-state index is 13.2. The number of benzene rings is 3. The molecule has 214 valence electrons. The molecule has 4 aromatic rings. The maximum Gasteiger partial charge on any atom is 0.253 e. The summed E-state index contributed by atoms with van der Waals surface area (Å²) in [5.74, 6) is 0.0748. The molecule has 0 unspecified atom stereocenters. The zero-order valence-corrected chi connectivity index (χ0v) is 24.2. The lowest BCUT2D eigenvalue weighted by Crippen LogP contribution is -2.39. The SMILES string of the molecule is Cc1c(C(=O)CCCS(C)(=O)=O)ccc2nn(CC3CCN(C(=O)c4ccc(-c5ccc(F)cc5)cc4)CC3)cc12. The maximum absolute atomic E-state index is 13.2. The highest BCUT2D eigenvalue weighted by Gasteiger charge is 2.24. The largest absolute Gasteiger partial charge is 0.339 e. The van der Waals surface area contributed by atoms with Crippen LogP contribution in [0.3, 0.4) is 0 Å². The van der Waals surface area contributed by atoms with E-state index in [1.807, 2.05) is 53.0 Å². The number of Topliss-reactive ketones (excluding diaryl/α,β-unsaturated/α-hetero) is 1. The Morgan fingerprint density at radius 1 is 0.951 bits per heavy atom. The Morgan fingerprint density at radius 2 is 1.59 bits per heavy atom. The molecule has 1 aliphatic rings. The first-order chi connectivity index (χ1) is 19.6. The van der Waals surface area contributed by atoms with Crippen LogP contribution in [0, 0.1) is 18.7 Å². The predicted molar refractivity (Wildman–Crippen MR) is 158 cm³/mol. The molecule has 3 aromatic carbocycles. The van der Waals surface area contributed by atoms with Crippen LogP contribution in [0.4, 0.5) is 4.39 Å². The second-order valence-electron chi connectivity index (χ2n) is 11.0. The van der Waals surface area contributed by atoms with Crippen LogP contribution in [0.25, 0.3) is 22.0 Å². The van der Waals surface area contributed by atoms with Crippen molar-refractivity contribution in [3.63, 3.8) is 0 Å². The van der Waals surface area contributed by atoms with Gasteiger partial charge in [0.15, 0.2) is 5.78 Å². The third-order valence-corrected chi connectivity index (χ3v) is 8.91. The van der Waals surface area contributed by atoms with Gasteiger partial charge in [-0.3, -0.25) is 14.3 Å². The van der Waals surface area contributed by atoms with E-state index in [1.165, 1.54) is 18.4 Å². The van der Waals surface area contributed by atoms with E-state index in [0.29, 0.717) is 36.6 Å². The number of amides is 1. The quantitative estimate of drug-likeness (QED) is 0.239. The molecule has 0 atom stereocenters. The van der Waals surface area contributed by atoms with E-state index in [0.717, 1.165) is 47.0 Å². The number of sulfone groups is 1. The summed E-state index contributed by atoms with van der Waals surface area (Å²) in [5, 5.41) is 5.65. The average molecular weight is 576 g/mol. The first-order valence-electron chi connectivity index (χ1n) is 13.9. The van der Waals surface area contributed by atoms with Gasteiger partial charge < -0.3 is 4.90 Å². The molecule has 0 saturated carbocycles. The Bertz CT molecular complexity index is 1670. The van der Waals surface area contributed by atoms with Gasteiger partial charge in [0.25, 0.3) is 5.91 Å². The van der Waals surface area contributed by atoms with Gasteiger partial charge >= 0.3 is 0 Å². The summed E-state index contributed by atoms with van der Waals surface area (Å²) in [6, 6.07) is 17.4. The van der Waals surface area contributed by atoms with E-state index in [-0.39, 0.29) is 29.7 Å². The number of likely N-dealkylation sites (tertiary alicyclic amines) is 1. The van der Waals surface area contributed by atoms with E-state index in [1.54, 1.807) is 18.2 Å². The van der Waals surface area contributed by atoms with Crippen molar-refractivity contribution in [2.75, 3.05) is 25.1 Å². The molecule has 9 heteroatoms. The first-order valence-corrected chi connectivity index (χ1v) is 16.0. The summed E-state index contributed by atoms with van der Waals surface area (Å²) < 4.78 is 37.9. The van der Waals surface area contributed by atoms with E-state index in [4.69, 9.17) is 5.10 Å². The molecule has 7 nitrogen and oxygen atoms in total. The van der Waals surface area contributed by atoms with E-state index in [9.17, 15) is 22.4 Å². The van der Waals surface area contributed by atoms with Crippen molar-refractivity contribution < 1.29 is 22.4 Å². The fraction of sp³-hybridized carbons (Fsp3) is 0.344. The number of aromatic nitrogens is 2. The molecule has 1 aromatic heterocycles. The zero-order chi connectivity index (χ0) is 29.1. The number of hydrogen-bond acceptors (Lipinski definition) is 5. The van der Waals surface area contributed by atoms with Crippen LogP contribution in [0.5, 0.6) is 0 Å². The van der Waals surface area contributed by atoms with Gasteiger partial charge in [-0.15, -0.1) is 0 Å². The Morgan fingerprint density at radius 3 is 2.22 bits per heavy atom. The molecule has 1 amide bonds. The van der Waals surface area contributed by atoms with Gasteiger partial charge in [-0.2, -0.15) is 5.10 Å². The summed E-state index contributed by atoms with van der Waals surface area (Å²) in [4.78, 5) is 27.7. The van der Waals surface area contributed by atoms with Crippen molar-refractivity contribution in [3.8, 4) is 11.1 Å². The Labute approximate surface area is 239 Å². The summed E-state index contributed by atoms with van der Waals surface area (Å²) in [6.07, 6.45) is 5.43. The molecule has 0 bridgehead atoms. The normalized spacial score (nSPS) is 14.5. The highest BCUT2D eigenvalue weighted by molar-refractivity contribution is 7.90. The summed E-state index contributed by atoms with van der Waals surface area (Å²) in [6.45, 7) is 4.00. The lowest BCUT2D eigenvalue weighted by molar-refractivity contribution is 0.0681. The van der Waals surface area contributed by atoms with Crippen LogP contribution in [0.2, 0.25) is 0 Å². The summed E-state index contributed by atoms with van der Waals surface area (Å²) in [5.41, 5.74) is 4.79. The van der Waals surface area contributed by atoms with Crippen LogP contribution in [0.1, 0.15) is 52.0 Å². The molecule has 0 radical (unpaired) electrons. The number of piperidine rings is 1. The summed E-state index contributed by atoms with van der Waals surface area (Å²) in [7, 11) is -3.09. The number of rotatable bonds is 9. The smallest absolute Gasteiger partial charge is 0.253 e. The van der Waals surface area contributed by atoms with Crippen molar-refractivity contribution in [1.82, 2.24) is 14.7 Å². The van der Waals surface area contributed by atoms with Crippen LogP contribution < -0.4 is 0 Å². The monoisotopic (exact) mass is 575 g/mol. The highest BCUT2D eigenvalue weighted by atomic mass is 32.2. The molecule has 0 spiro atoms. The molecule has 0 N–H and O–H groups in total. The Balaban J connectivity index is 1.17. The van der Waals surface area contributed by atoms with Crippen LogP contribution in [0.15, 0.2) is 66.9 Å². The average Bonchev–Trinajstić information content (AvgIpc) is 3.36. The minimum absolute atomic E-state index is 0.00613. The van der Waals surface area contributed by atoms with Gasteiger partial charge in [-0.1, -0.05) is 24.3 Å². The zero-order valence-electron chi connectivity index (χ0n) is 23.3. The number of carbonyl (C=O) groups excluding carboxylic acids is 2. The van der Waals surface area contributed by atoms with Crippen molar-refractivity contribution >= 4 is 32.4 Å². The lowest BCUT2D eigenvalue weighted by atomic mass is 9.96. The van der Waals surface area contributed by atoms with E-state index < -0.39 is 9.84 Å². The number of fused-ring (bicyclic) bond motifs is 1. The minimum Gasteiger partial charge on any atom is -0.339 e. The predicted octanol–water partition coefficient (Wildman–Crippen LogP) is 5.71. The minimum atomic E-state index is -3.09. The molecular weight excluding hydrogens is 541 g/mol. The fourth-order valence-corrected chi connectivity index (χ4v) is 6.19. The van der Waals surface area contributed by atoms with Gasteiger partial charge in [0.1, 0.15) is 15.7 Å². The molecule has 1 fully saturated rings. The van der Waals surface area contributed by atoms with Gasteiger partial charge in [0, 0.05) is 55.0 Å². The molecule has 5 rings (SSSR count). The first kappa shape index (κ1) is 28.7. The van der Waals surface area contributed by atoms with Gasteiger partial charge in [-0.05, 0) is 85.2 Å². The molecule has 1 aliphatic heterocycles. The van der Waals surface area contributed by atoms with Crippen molar-refractivity contribution in [3.05, 3.63) is 89.4 Å². The molecule has 41 heavy (non-hydrogen) atoms. The van der Waals surface area contributed by atoms with E-state index >= 15 is 0 Å². The van der Waals surface area contributed by atoms with Gasteiger partial charge in [-0.25, -0.2) is 12.8 Å². The number of hydrogen-bond donors (Lipinski definition) is 0. The van der Waals surface area contributed by atoms with Crippen LogP contribution >= 0.6 is 0 Å². The number of nitrogens with zero attached hydrogens (tertiary/aromatic N) is 3. The topological polar surface area (TPSA) is 89.3 Å². The van der Waals surface area contributed by atoms with Crippen LogP contribution in [-0.2, 0) is 16.4 Å². The number of carbonyl (C=O) groups is 2. The number of aryl methyl sites for hydroxylation is 1. The number of ketones is 1. The summed E-state index contributed by atoms with van der Waals surface area (Å²) >= 11 is 0. The molecule has 1 saturated heterocycles. The molecular formula is C32H34FN3O4S. The standard InChI is InChI=1S/C32H34FN3O4S/c1-22-28(31(37)4-3-19-41(2,39)40)13-14-30-29(22)21-36(34-30)20-23-15-17-35(18-16-23)32(38)26-7-5-24(6-8-26)25-9-11-27(33)12-10-25/h5-14,21,23H,3-4,15-20H2,1-2H3. The molecule has 2 heterocycles. The van der Waals surface area contributed by atoms with Crippen molar-refractivity contribution in [1.29, 1.82) is 0 Å². The van der Waals surface area contributed by atoms with Crippen molar-refractivity contribution in [2.45, 2.75) is 39.2 Å². The van der Waals surface area contributed by atoms with Gasteiger partial charge in [0.2, 0.25) is 0 Å².